The van der Waals surface area contributed by atoms with Crippen molar-refractivity contribution in [1.82, 2.24) is 4.90 Å². The maximum Gasteiger partial charge on any atom is 0.307 e. The third kappa shape index (κ3) is 4.99. The summed E-state index contributed by atoms with van der Waals surface area (Å²) in [5, 5.41) is 0. The summed E-state index contributed by atoms with van der Waals surface area (Å²) in [6.45, 7) is 2.84. The molecular formula is C15H20FNO3. The van der Waals surface area contributed by atoms with Crippen molar-refractivity contribution in [3.8, 4) is 0 Å². The van der Waals surface area contributed by atoms with Gasteiger partial charge in [-0.25, -0.2) is 4.39 Å². The Morgan fingerprint density at radius 2 is 2.05 bits per heavy atom. The third-order valence-corrected chi connectivity index (χ3v) is 2.95. The largest absolute Gasteiger partial charge is 0.469 e. The van der Waals surface area contributed by atoms with Gasteiger partial charge < -0.3 is 9.64 Å². The summed E-state index contributed by atoms with van der Waals surface area (Å²) in [6, 6.07) is 5.57. The van der Waals surface area contributed by atoms with Crippen LogP contribution in [0, 0.1) is 5.82 Å². The van der Waals surface area contributed by atoms with Crippen LogP contribution in [0.5, 0.6) is 0 Å². The average molecular weight is 281 g/mol. The summed E-state index contributed by atoms with van der Waals surface area (Å²) in [7, 11) is 1.31. The van der Waals surface area contributed by atoms with Crippen molar-refractivity contribution in [2.24, 2.45) is 0 Å². The van der Waals surface area contributed by atoms with E-state index in [4.69, 9.17) is 0 Å². The van der Waals surface area contributed by atoms with Gasteiger partial charge in [0.25, 0.3) is 5.91 Å². The molecule has 0 atom stereocenters. The van der Waals surface area contributed by atoms with Crippen LogP contribution in [0.3, 0.4) is 0 Å². The zero-order valence-electron chi connectivity index (χ0n) is 11.9. The van der Waals surface area contributed by atoms with Gasteiger partial charge in [-0.1, -0.05) is 19.4 Å². The number of carbonyl (C=O) groups is 2. The molecule has 110 valence electrons. The second-order valence-corrected chi connectivity index (χ2v) is 4.48. The fourth-order valence-corrected chi connectivity index (χ4v) is 1.80. The monoisotopic (exact) mass is 281 g/mol. The number of carbonyl (C=O) groups excluding carboxylic acids is 2. The van der Waals surface area contributed by atoms with Crippen molar-refractivity contribution >= 4 is 11.9 Å². The predicted octanol–water partition coefficient (Wildman–Crippen LogP) is 2.63. The van der Waals surface area contributed by atoms with Crippen LogP contribution in [0.2, 0.25) is 0 Å². The zero-order chi connectivity index (χ0) is 15.0. The highest BCUT2D eigenvalue weighted by atomic mass is 19.1. The Hall–Kier alpha value is -1.91. The Labute approximate surface area is 118 Å². The molecule has 0 aliphatic heterocycles. The van der Waals surface area contributed by atoms with E-state index >= 15 is 0 Å². The molecule has 1 aromatic rings. The first-order chi connectivity index (χ1) is 9.58. The quantitative estimate of drug-likeness (QED) is 0.722. The minimum atomic E-state index is -0.445. The van der Waals surface area contributed by atoms with Gasteiger partial charge in [0.15, 0.2) is 0 Å². The van der Waals surface area contributed by atoms with Crippen LogP contribution in [0.4, 0.5) is 4.39 Å². The molecule has 0 aliphatic carbocycles. The Bertz CT molecular complexity index is 462. The van der Waals surface area contributed by atoms with Crippen LogP contribution >= 0.6 is 0 Å². The van der Waals surface area contributed by atoms with Crippen molar-refractivity contribution in [3.63, 3.8) is 0 Å². The molecule has 0 saturated heterocycles. The van der Waals surface area contributed by atoms with E-state index in [1.807, 2.05) is 6.92 Å². The molecule has 1 amide bonds. The van der Waals surface area contributed by atoms with Crippen molar-refractivity contribution in [2.75, 3.05) is 20.2 Å². The van der Waals surface area contributed by atoms with Crippen molar-refractivity contribution in [2.45, 2.75) is 26.2 Å². The highest BCUT2D eigenvalue weighted by Crippen LogP contribution is 2.09. The lowest BCUT2D eigenvalue weighted by Gasteiger charge is -2.22. The van der Waals surface area contributed by atoms with E-state index < -0.39 is 5.82 Å². The van der Waals surface area contributed by atoms with Crippen molar-refractivity contribution < 1.29 is 18.7 Å². The minimum absolute atomic E-state index is 0.140. The Morgan fingerprint density at radius 3 is 2.65 bits per heavy atom. The Kier molecular flexibility index (Phi) is 6.70. The topological polar surface area (TPSA) is 46.6 Å². The van der Waals surface area contributed by atoms with Gasteiger partial charge in [-0.05, 0) is 24.6 Å². The molecule has 0 bridgehead atoms. The molecule has 0 aromatic heterocycles. The highest BCUT2D eigenvalue weighted by Gasteiger charge is 2.17. The number of hydrogen-bond acceptors (Lipinski definition) is 3. The molecule has 1 rings (SSSR count). The summed E-state index contributed by atoms with van der Waals surface area (Å²) in [5.74, 6) is -1.07. The average Bonchev–Trinajstić information content (AvgIpc) is 2.46. The maximum absolute atomic E-state index is 13.2. The summed E-state index contributed by atoms with van der Waals surface area (Å²) in [6.07, 6.45) is 1.91. The highest BCUT2D eigenvalue weighted by molar-refractivity contribution is 5.94. The molecule has 0 unspecified atom stereocenters. The van der Waals surface area contributed by atoms with Crippen LogP contribution in [-0.4, -0.2) is 37.0 Å². The molecule has 0 spiro atoms. The lowest BCUT2D eigenvalue weighted by Crippen LogP contribution is -2.34. The van der Waals surface area contributed by atoms with Gasteiger partial charge in [-0.2, -0.15) is 0 Å². The second kappa shape index (κ2) is 8.30. The summed E-state index contributed by atoms with van der Waals surface area (Å²) in [5.41, 5.74) is 0.297. The number of rotatable bonds is 7. The van der Waals surface area contributed by atoms with E-state index in [0.717, 1.165) is 12.8 Å². The maximum atomic E-state index is 13.2. The number of methoxy groups -OCH3 is 1. The number of halogens is 1. The van der Waals surface area contributed by atoms with E-state index in [0.29, 0.717) is 12.1 Å². The predicted molar refractivity (Wildman–Crippen MR) is 73.8 cm³/mol. The second-order valence-electron chi connectivity index (χ2n) is 4.48. The lowest BCUT2D eigenvalue weighted by atomic mass is 10.1. The van der Waals surface area contributed by atoms with Crippen LogP contribution < -0.4 is 0 Å². The van der Waals surface area contributed by atoms with E-state index in [9.17, 15) is 14.0 Å². The number of benzene rings is 1. The zero-order valence-corrected chi connectivity index (χ0v) is 11.9. The number of hydrogen-bond donors (Lipinski definition) is 0. The standard InChI is InChI=1S/C15H20FNO3/c1-3-4-9-17(10-8-14(18)20-2)15(19)12-6-5-7-13(16)11-12/h5-7,11H,3-4,8-10H2,1-2H3. The van der Waals surface area contributed by atoms with Crippen molar-refractivity contribution in [3.05, 3.63) is 35.6 Å². The molecule has 20 heavy (non-hydrogen) atoms. The Balaban J connectivity index is 2.75. The molecule has 0 saturated carbocycles. The molecular weight excluding hydrogens is 261 g/mol. The fraction of sp³-hybridized carbons (Fsp3) is 0.467. The van der Waals surface area contributed by atoms with Crippen LogP contribution in [-0.2, 0) is 9.53 Å². The van der Waals surface area contributed by atoms with E-state index in [-0.39, 0.29) is 24.8 Å². The minimum Gasteiger partial charge on any atom is -0.469 e. The van der Waals surface area contributed by atoms with Gasteiger partial charge in [-0.15, -0.1) is 0 Å². The van der Waals surface area contributed by atoms with E-state index in [1.54, 1.807) is 11.0 Å². The van der Waals surface area contributed by atoms with Crippen molar-refractivity contribution in [1.29, 1.82) is 0 Å². The fourth-order valence-electron chi connectivity index (χ4n) is 1.80. The van der Waals surface area contributed by atoms with Gasteiger partial charge in [0, 0.05) is 18.7 Å². The molecule has 0 fully saturated rings. The molecule has 0 N–H and O–H groups in total. The van der Waals surface area contributed by atoms with Crippen LogP contribution in [0.15, 0.2) is 24.3 Å². The van der Waals surface area contributed by atoms with Crippen LogP contribution in [0.1, 0.15) is 36.5 Å². The SMILES string of the molecule is CCCCN(CCC(=O)OC)C(=O)c1cccc(F)c1. The Morgan fingerprint density at radius 1 is 1.30 bits per heavy atom. The number of esters is 1. The molecule has 0 aliphatic rings. The molecule has 1 aromatic carbocycles. The van der Waals surface area contributed by atoms with Gasteiger partial charge in [0.2, 0.25) is 0 Å². The first-order valence-corrected chi connectivity index (χ1v) is 6.70. The van der Waals surface area contributed by atoms with Gasteiger partial charge in [0.1, 0.15) is 5.82 Å². The number of amides is 1. The number of nitrogens with zero attached hydrogens (tertiary/aromatic N) is 1. The molecule has 0 heterocycles. The normalized spacial score (nSPS) is 10.2. The first-order valence-electron chi connectivity index (χ1n) is 6.70. The van der Waals surface area contributed by atoms with Gasteiger partial charge in [0.05, 0.1) is 13.5 Å². The third-order valence-electron chi connectivity index (χ3n) is 2.95. The number of ether oxygens (including phenoxy) is 1. The smallest absolute Gasteiger partial charge is 0.307 e. The van der Waals surface area contributed by atoms with E-state index in [2.05, 4.69) is 4.74 Å². The van der Waals surface area contributed by atoms with Crippen LogP contribution in [0.25, 0.3) is 0 Å². The summed E-state index contributed by atoms with van der Waals surface area (Å²) in [4.78, 5) is 25.1. The van der Waals surface area contributed by atoms with Gasteiger partial charge in [-0.3, -0.25) is 9.59 Å². The molecule has 5 heteroatoms. The summed E-state index contributed by atoms with van der Waals surface area (Å²) < 4.78 is 17.7. The number of unbranched alkanes of at least 4 members (excludes halogenated alkanes) is 1. The summed E-state index contributed by atoms with van der Waals surface area (Å²) >= 11 is 0. The molecule has 4 nitrogen and oxygen atoms in total. The van der Waals surface area contributed by atoms with E-state index in [1.165, 1.54) is 25.3 Å². The first kappa shape index (κ1) is 16.1. The molecule has 0 radical (unpaired) electrons. The van der Waals surface area contributed by atoms with Gasteiger partial charge >= 0.3 is 5.97 Å². The lowest BCUT2D eigenvalue weighted by molar-refractivity contribution is -0.140.